The van der Waals surface area contributed by atoms with Crippen LogP contribution < -0.4 is 14.9 Å². The van der Waals surface area contributed by atoms with E-state index < -0.39 is 5.91 Å². The molecule has 0 aliphatic rings. The van der Waals surface area contributed by atoms with Crippen molar-refractivity contribution in [2.75, 3.05) is 6.61 Å². The van der Waals surface area contributed by atoms with Gasteiger partial charge in [0.1, 0.15) is 6.61 Å². The van der Waals surface area contributed by atoms with Crippen LogP contribution in [-0.4, -0.2) is 18.7 Å². The number of carbonyl (C=O) groups excluding carboxylic acids is 1. The molecule has 1 amide bonds. The molecule has 160 valence electrons. The number of benzene rings is 3. The van der Waals surface area contributed by atoms with Crippen molar-refractivity contribution in [3.63, 3.8) is 0 Å². The summed E-state index contributed by atoms with van der Waals surface area (Å²) in [5, 5.41) is 4.70. The topological polar surface area (TPSA) is 59.9 Å². The third-order valence-electron chi connectivity index (χ3n) is 4.12. The highest BCUT2D eigenvalue weighted by Gasteiger charge is 2.12. The second-order valence-electron chi connectivity index (χ2n) is 6.37. The molecule has 0 aromatic heterocycles. The zero-order valence-corrected chi connectivity index (χ0v) is 19.7. The smallest absolute Gasteiger partial charge is 0.271 e. The fourth-order valence-corrected chi connectivity index (χ4v) is 3.53. The Morgan fingerprint density at radius 1 is 1.06 bits per heavy atom. The van der Waals surface area contributed by atoms with Crippen molar-refractivity contribution in [3.05, 3.63) is 91.9 Å². The molecule has 8 heteroatoms. The summed E-state index contributed by atoms with van der Waals surface area (Å²) in [6.45, 7) is 2.78. The predicted octanol–water partition coefficient (Wildman–Crippen LogP) is 6.50. The first-order valence-corrected chi connectivity index (χ1v) is 10.9. The molecule has 0 saturated carbocycles. The van der Waals surface area contributed by atoms with Crippen molar-refractivity contribution in [2.24, 2.45) is 5.10 Å². The molecule has 0 unspecified atom stereocenters. The minimum absolute atomic E-state index is 0.301. The number of ether oxygens (including phenoxy) is 2. The molecule has 0 aliphatic heterocycles. The molecule has 0 bridgehead atoms. The quantitative estimate of drug-likeness (QED) is 0.272. The molecule has 3 aromatic rings. The zero-order valence-electron chi connectivity index (χ0n) is 16.6. The lowest BCUT2D eigenvalue weighted by molar-refractivity contribution is 0.0955. The van der Waals surface area contributed by atoms with E-state index in [0.29, 0.717) is 44.8 Å². The molecule has 0 atom stereocenters. The molecule has 1 N–H and O–H groups in total. The molecular formula is C23H19BrCl2N2O3. The van der Waals surface area contributed by atoms with Gasteiger partial charge in [0, 0.05) is 5.56 Å². The van der Waals surface area contributed by atoms with Crippen molar-refractivity contribution >= 4 is 51.3 Å². The molecule has 0 fully saturated rings. The second kappa shape index (κ2) is 11.2. The van der Waals surface area contributed by atoms with Crippen LogP contribution in [0.3, 0.4) is 0 Å². The van der Waals surface area contributed by atoms with Crippen molar-refractivity contribution < 1.29 is 14.3 Å². The van der Waals surface area contributed by atoms with Crippen LogP contribution in [0.2, 0.25) is 10.0 Å². The van der Waals surface area contributed by atoms with E-state index in [1.165, 1.54) is 12.3 Å². The van der Waals surface area contributed by atoms with E-state index in [2.05, 4.69) is 26.5 Å². The molecule has 0 radical (unpaired) electrons. The number of rotatable bonds is 8. The number of amides is 1. The van der Waals surface area contributed by atoms with Gasteiger partial charge < -0.3 is 9.47 Å². The van der Waals surface area contributed by atoms with Crippen molar-refractivity contribution in [1.29, 1.82) is 0 Å². The molecule has 0 heterocycles. The highest BCUT2D eigenvalue weighted by atomic mass is 79.9. The van der Waals surface area contributed by atoms with Gasteiger partial charge in [0.05, 0.1) is 27.3 Å². The van der Waals surface area contributed by atoms with Crippen LogP contribution >= 0.6 is 39.1 Å². The van der Waals surface area contributed by atoms with Crippen LogP contribution in [0.1, 0.15) is 28.4 Å². The van der Waals surface area contributed by atoms with Crippen LogP contribution in [0, 0.1) is 0 Å². The Balaban J connectivity index is 1.72. The molecule has 0 aliphatic carbocycles. The molecule has 5 nitrogen and oxygen atoms in total. The van der Waals surface area contributed by atoms with E-state index in [1.54, 1.807) is 18.2 Å². The molecule has 3 aromatic carbocycles. The Labute approximate surface area is 199 Å². The van der Waals surface area contributed by atoms with Gasteiger partial charge in [-0.15, -0.1) is 0 Å². The van der Waals surface area contributed by atoms with Crippen LogP contribution in [0.15, 0.2) is 70.2 Å². The molecule has 3 rings (SSSR count). The third-order valence-corrected chi connectivity index (χ3v) is 5.45. The minimum Gasteiger partial charge on any atom is -0.490 e. The maximum atomic E-state index is 12.2. The average molecular weight is 522 g/mol. The summed E-state index contributed by atoms with van der Waals surface area (Å²) < 4.78 is 12.4. The standard InChI is InChI=1S/C23H19BrCl2N2O3/c1-2-30-21-11-16(10-18(24)22(21)31-14-15-6-4-3-5-7-15)13-27-28-23(29)17-8-9-19(25)20(26)12-17/h3-13H,2,14H2,1H3,(H,28,29)/b27-13-. The monoisotopic (exact) mass is 520 g/mol. The van der Waals surface area contributed by atoms with Gasteiger partial charge in [-0.2, -0.15) is 5.10 Å². The summed E-state index contributed by atoms with van der Waals surface area (Å²) in [6, 6.07) is 18.1. The maximum Gasteiger partial charge on any atom is 0.271 e. The molecule has 0 saturated heterocycles. The Morgan fingerprint density at radius 2 is 1.84 bits per heavy atom. The summed E-state index contributed by atoms with van der Waals surface area (Å²) in [6.07, 6.45) is 1.52. The zero-order chi connectivity index (χ0) is 22.2. The Bertz CT molecular complexity index is 1090. The van der Waals surface area contributed by atoms with Gasteiger partial charge in [-0.05, 0) is 64.3 Å². The molecule has 0 spiro atoms. The fraction of sp³-hybridized carbons (Fsp3) is 0.130. The van der Waals surface area contributed by atoms with E-state index in [-0.39, 0.29) is 0 Å². The first-order chi connectivity index (χ1) is 15.0. The number of hydrogen-bond donors (Lipinski definition) is 1. The fourth-order valence-electron chi connectivity index (χ4n) is 2.66. The normalized spacial score (nSPS) is 10.8. The SMILES string of the molecule is CCOc1cc(/C=N\NC(=O)c2ccc(Cl)c(Cl)c2)cc(Br)c1OCc1ccccc1. The average Bonchev–Trinajstić information content (AvgIpc) is 2.76. The Hall–Kier alpha value is -2.54. The van der Waals surface area contributed by atoms with E-state index >= 15 is 0 Å². The lowest BCUT2D eigenvalue weighted by atomic mass is 10.2. The van der Waals surface area contributed by atoms with Crippen molar-refractivity contribution in [1.82, 2.24) is 5.43 Å². The van der Waals surface area contributed by atoms with Crippen LogP contribution in [0.25, 0.3) is 0 Å². The minimum atomic E-state index is -0.401. The van der Waals surface area contributed by atoms with Crippen LogP contribution in [-0.2, 0) is 6.61 Å². The van der Waals surface area contributed by atoms with Gasteiger partial charge in [-0.1, -0.05) is 53.5 Å². The number of hydrazone groups is 1. The third kappa shape index (κ3) is 6.47. The van der Waals surface area contributed by atoms with Crippen LogP contribution in [0.4, 0.5) is 0 Å². The van der Waals surface area contributed by atoms with Crippen molar-refractivity contribution in [3.8, 4) is 11.5 Å². The number of carbonyl (C=O) groups is 1. The van der Waals surface area contributed by atoms with Gasteiger partial charge in [0.15, 0.2) is 11.5 Å². The van der Waals surface area contributed by atoms with E-state index in [4.69, 9.17) is 32.7 Å². The predicted molar refractivity (Wildman–Crippen MR) is 128 cm³/mol. The number of nitrogens with one attached hydrogen (secondary N) is 1. The largest absolute Gasteiger partial charge is 0.490 e. The van der Waals surface area contributed by atoms with Gasteiger partial charge in [0.2, 0.25) is 0 Å². The van der Waals surface area contributed by atoms with Gasteiger partial charge in [0.25, 0.3) is 5.91 Å². The highest BCUT2D eigenvalue weighted by molar-refractivity contribution is 9.10. The van der Waals surface area contributed by atoms with Gasteiger partial charge in [-0.25, -0.2) is 5.43 Å². The van der Waals surface area contributed by atoms with Gasteiger partial charge in [-0.3, -0.25) is 4.79 Å². The number of nitrogens with zero attached hydrogens (tertiary/aromatic N) is 1. The second-order valence-corrected chi connectivity index (χ2v) is 8.03. The first kappa shape index (κ1) is 23.1. The van der Waals surface area contributed by atoms with E-state index in [0.717, 1.165) is 11.1 Å². The summed E-state index contributed by atoms with van der Waals surface area (Å²) in [7, 11) is 0. The maximum absolute atomic E-state index is 12.2. The highest BCUT2D eigenvalue weighted by Crippen LogP contribution is 2.37. The summed E-state index contributed by atoms with van der Waals surface area (Å²) in [5.74, 6) is 0.773. The summed E-state index contributed by atoms with van der Waals surface area (Å²) in [5.41, 5.74) is 4.59. The number of hydrogen-bond acceptors (Lipinski definition) is 4. The molecular weight excluding hydrogens is 503 g/mol. The Morgan fingerprint density at radius 3 is 2.55 bits per heavy atom. The summed E-state index contributed by atoms with van der Waals surface area (Å²) >= 11 is 15.4. The van der Waals surface area contributed by atoms with Gasteiger partial charge >= 0.3 is 0 Å². The molecule has 31 heavy (non-hydrogen) atoms. The lowest BCUT2D eigenvalue weighted by Gasteiger charge is -2.14. The van der Waals surface area contributed by atoms with E-state index in [1.807, 2.05) is 43.3 Å². The Kier molecular flexibility index (Phi) is 8.35. The summed E-state index contributed by atoms with van der Waals surface area (Å²) in [4.78, 5) is 12.2. The lowest BCUT2D eigenvalue weighted by Crippen LogP contribution is -2.17. The van der Waals surface area contributed by atoms with E-state index in [9.17, 15) is 4.79 Å². The first-order valence-electron chi connectivity index (χ1n) is 9.39. The van der Waals surface area contributed by atoms with Crippen molar-refractivity contribution in [2.45, 2.75) is 13.5 Å². The van der Waals surface area contributed by atoms with Crippen LogP contribution in [0.5, 0.6) is 11.5 Å². The number of halogens is 3.